The van der Waals surface area contributed by atoms with Crippen molar-refractivity contribution in [3.63, 3.8) is 0 Å². The second-order valence-electron chi connectivity index (χ2n) is 8.96. The lowest BCUT2D eigenvalue weighted by Gasteiger charge is -2.48. The molecule has 0 spiro atoms. The molecule has 2 N–H and O–H groups in total. The minimum atomic E-state index is 0.354. The maximum absolute atomic E-state index is 4.51. The van der Waals surface area contributed by atoms with Gasteiger partial charge in [0.1, 0.15) is 0 Å². The fourth-order valence-corrected chi connectivity index (χ4v) is 5.31. The molecule has 3 aliphatic rings. The minimum Gasteiger partial charge on any atom is -0.355 e. The number of hydrogen-bond acceptors (Lipinski definition) is 4. The van der Waals surface area contributed by atoms with Crippen LogP contribution in [0.15, 0.2) is 4.99 Å². The molecule has 2 aliphatic heterocycles. The number of guanidine groups is 1. The van der Waals surface area contributed by atoms with Crippen molar-refractivity contribution in [2.45, 2.75) is 63.8 Å². The third kappa shape index (κ3) is 6.07. The molecule has 6 heteroatoms. The summed E-state index contributed by atoms with van der Waals surface area (Å²) in [4.78, 5) is 12.4. The van der Waals surface area contributed by atoms with Gasteiger partial charge in [-0.1, -0.05) is 32.6 Å². The summed E-state index contributed by atoms with van der Waals surface area (Å²) in [5.41, 5.74) is 0.354. The Morgan fingerprint density at radius 1 is 0.821 bits per heavy atom. The molecule has 0 amide bonds. The van der Waals surface area contributed by atoms with Gasteiger partial charge in [-0.2, -0.15) is 0 Å². The van der Waals surface area contributed by atoms with Crippen molar-refractivity contribution in [1.82, 2.24) is 25.3 Å². The van der Waals surface area contributed by atoms with Crippen LogP contribution < -0.4 is 10.6 Å². The molecule has 0 aromatic heterocycles. The Hall–Kier alpha value is -0.850. The Kier molecular flexibility index (Phi) is 8.87. The van der Waals surface area contributed by atoms with Crippen LogP contribution in [-0.2, 0) is 0 Å². The normalized spacial score (nSPS) is 25.6. The lowest BCUT2D eigenvalue weighted by molar-refractivity contribution is 0.0368. The summed E-state index contributed by atoms with van der Waals surface area (Å²) in [5, 5.41) is 7.27. The van der Waals surface area contributed by atoms with Crippen molar-refractivity contribution in [3.05, 3.63) is 0 Å². The van der Waals surface area contributed by atoms with E-state index in [0.29, 0.717) is 5.54 Å². The maximum Gasteiger partial charge on any atom is 0.191 e. The molecule has 0 radical (unpaired) electrons. The zero-order valence-electron chi connectivity index (χ0n) is 18.5. The van der Waals surface area contributed by atoms with E-state index in [4.69, 9.17) is 0 Å². The number of likely N-dealkylation sites (tertiary alicyclic amines) is 1. The largest absolute Gasteiger partial charge is 0.355 e. The van der Waals surface area contributed by atoms with E-state index in [1.54, 1.807) is 0 Å². The SMILES string of the molecule is CCN1CCN(CCNC(=NC)NCC2(N3CCCCC3)CCCCC2)CC1. The summed E-state index contributed by atoms with van der Waals surface area (Å²) in [6.07, 6.45) is 11.0. The van der Waals surface area contributed by atoms with Gasteiger partial charge in [-0.15, -0.1) is 0 Å². The fourth-order valence-electron chi connectivity index (χ4n) is 5.31. The van der Waals surface area contributed by atoms with Gasteiger partial charge in [0, 0.05) is 58.4 Å². The number of piperidine rings is 1. The number of nitrogens with one attached hydrogen (secondary N) is 2. The van der Waals surface area contributed by atoms with Gasteiger partial charge in [0.15, 0.2) is 5.96 Å². The van der Waals surface area contributed by atoms with Crippen molar-refractivity contribution < 1.29 is 0 Å². The van der Waals surface area contributed by atoms with Crippen molar-refractivity contribution in [1.29, 1.82) is 0 Å². The monoisotopic (exact) mass is 392 g/mol. The lowest BCUT2D eigenvalue weighted by atomic mass is 9.79. The third-order valence-corrected chi connectivity index (χ3v) is 7.25. The standard InChI is InChI=1S/C22H44N6/c1-3-26-16-18-27(19-17-26)15-12-24-21(23-2)25-20-22(10-6-4-7-11-22)28-13-8-5-9-14-28/h3-20H2,1-2H3,(H2,23,24,25). The minimum absolute atomic E-state index is 0.354. The number of aliphatic imine (C=N–C) groups is 1. The molecule has 0 unspecified atom stereocenters. The number of piperazine rings is 1. The maximum atomic E-state index is 4.51. The summed E-state index contributed by atoms with van der Waals surface area (Å²) in [7, 11) is 1.91. The van der Waals surface area contributed by atoms with Crippen LogP contribution in [0.2, 0.25) is 0 Å². The molecule has 28 heavy (non-hydrogen) atoms. The highest BCUT2D eigenvalue weighted by molar-refractivity contribution is 5.79. The fraction of sp³-hybridized carbons (Fsp3) is 0.955. The van der Waals surface area contributed by atoms with Crippen LogP contribution in [0.1, 0.15) is 58.3 Å². The summed E-state index contributed by atoms with van der Waals surface area (Å²) >= 11 is 0. The summed E-state index contributed by atoms with van der Waals surface area (Å²) in [6, 6.07) is 0. The van der Waals surface area contributed by atoms with Crippen LogP contribution in [0.3, 0.4) is 0 Å². The third-order valence-electron chi connectivity index (χ3n) is 7.25. The van der Waals surface area contributed by atoms with Crippen LogP contribution in [0.25, 0.3) is 0 Å². The van der Waals surface area contributed by atoms with E-state index in [-0.39, 0.29) is 0 Å². The van der Waals surface area contributed by atoms with E-state index in [0.717, 1.165) is 25.6 Å². The van der Waals surface area contributed by atoms with Crippen molar-refractivity contribution in [2.75, 3.05) is 72.5 Å². The van der Waals surface area contributed by atoms with Gasteiger partial charge in [0.05, 0.1) is 0 Å². The van der Waals surface area contributed by atoms with Gasteiger partial charge in [0.2, 0.25) is 0 Å². The summed E-state index contributed by atoms with van der Waals surface area (Å²) in [6.45, 7) is 14.0. The molecule has 2 saturated heterocycles. The van der Waals surface area contributed by atoms with E-state index in [9.17, 15) is 0 Å². The molecule has 3 rings (SSSR count). The van der Waals surface area contributed by atoms with Crippen molar-refractivity contribution in [2.24, 2.45) is 4.99 Å². The number of rotatable bonds is 7. The molecule has 6 nitrogen and oxygen atoms in total. The number of likely N-dealkylation sites (N-methyl/N-ethyl adjacent to an activating group) is 1. The second kappa shape index (κ2) is 11.4. The van der Waals surface area contributed by atoms with Gasteiger partial charge in [-0.05, 0) is 45.3 Å². The Morgan fingerprint density at radius 2 is 1.46 bits per heavy atom. The Labute approximate surface area is 173 Å². The predicted octanol–water partition coefficient (Wildman–Crippen LogP) is 1.98. The summed E-state index contributed by atoms with van der Waals surface area (Å²) in [5.74, 6) is 0.981. The van der Waals surface area contributed by atoms with Gasteiger partial charge >= 0.3 is 0 Å². The Bertz CT molecular complexity index is 460. The summed E-state index contributed by atoms with van der Waals surface area (Å²) < 4.78 is 0. The molecule has 1 saturated carbocycles. The molecular formula is C22H44N6. The van der Waals surface area contributed by atoms with Gasteiger partial charge < -0.3 is 15.5 Å². The van der Waals surface area contributed by atoms with E-state index < -0.39 is 0 Å². The van der Waals surface area contributed by atoms with Gasteiger partial charge in [-0.3, -0.25) is 14.8 Å². The smallest absolute Gasteiger partial charge is 0.191 e. The molecule has 0 aromatic carbocycles. The zero-order valence-corrected chi connectivity index (χ0v) is 18.5. The van der Waals surface area contributed by atoms with E-state index in [1.165, 1.54) is 97.2 Å². The first-order valence-electron chi connectivity index (χ1n) is 11.9. The van der Waals surface area contributed by atoms with Gasteiger partial charge in [-0.25, -0.2) is 0 Å². The highest BCUT2D eigenvalue weighted by Crippen LogP contribution is 2.35. The quantitative estimate of drug-likeness (QED) is 0.512. The number of nitrogens with zero attached hydrogens (tertiary/aromatic N) is 4. The zero-order chi connectivity index (χ0) is 19.7. The first-order valence-corrected chi connectivity index (χ1v) is 11.9. The molecular weight excluding hydrogens is 348 g/mol. The van der Waals surface area contributed by atoms with E-state index in [1.807, 2.05) is 7.05 Å². The highest BCUT2D eigenvalue weighted by Gasteiger charge is 2.38. The topological polar surface area (TPSA) is 46.1 Å². The van der Waals surface area contributed by atoms with E-state index in [2.05, 4.69) is 37.2 Å². The van der Waals surface area contributed by atoms with Crippen LogP contribution in [0, 0.1) is 0 Å². The van der Waals surface area contributed by atoms with Gasteiger partial charge in [0.25, 0.3) is 0 Å². The average Bonchev–Trinajstić information content (AvgIpc) is 2.78. The average molecular weight is 393 g/mol. The Morgan fingerprint density at radius 3 is 2.11 bits per heavy atom. The Balaban J connectivity index is 1.43. The molecule has 0 atom stereocenters. The highest BCUT2D eigenvalue weighted by atomic mass is 15.3. The van der Waals surface area contributed by atoms with Crippen molar-refractivity contribution >= 4 is 5.96 Å². The van der Waals surface area contributed by atoms with Crippen LogP contribution in [0.5, 0.6) is 0 Å². The van der Waals surface area contributed by atoms with Crippen LogP contribution in [0.4, 0.5) is 0 Å². The first kappa shape index (κ1) is 21.8. The van der Waals surface area contributed by atoms with Crippen LogP contribution >= 0.6 is 0 Å². The lowest BCUT2D eigenvalue weighted by Crippen LogP contribution is -2.59. The van der Waals surface area contributed by atoms with Crippen molar-refractivity contribution in [3.8, 4) is 0 Å². The predicted molar refractivity (Wildman–Crippen MR) is 119 cm³/mol. The first-order chi connectivity index (χ1) is 13.8. The molecule has 1 aliphatic carbocycles. The van der Waals surface area contributed by atoms with E-state index >= 15 is 0 Å². The molecule has 162 valence electrons. The second-order valence-corrected chi connectivity index (χ2v) is 8.96. The number of hydrogen-bond donors (Lipinski definition) is 2. The molecule has 3 fully saturated rings. The molecule has 0 bridgehead atoms. The molecule has 0 aromatic rings. The van der Waals surface area contributed by atoms with Crippen LogP contribution in [-0.4, -0.2) is 98.7 Å². The molecule has 2 heterocycles.